The Morgan fingerprint density at radius 1 is 1.19 bits per heavy atom. The number of Topliss-reactive ketones (excluding diaryl/α,β-unsaturated/α-hetero) is 2. The summed E-state index contributed by atoms with van der Waals surface area (Å²) >= 11 is 0. The SMILES string of the molecule is CNCc1ccc2cc3c(c(O)c2c1)C(O)=C1C(=O)[C@]2(O)C(O)=C(C(N)=O)C(=O)[C@@H](N(C)C)[C@@H]2C[C@@H]1C3. The molecule has 2 aromatic carbocycles. The molecule has 0 unspecified atom stereocenters. The summed E-state index contributed by atoms with van der Waals surface area (Å²) in [5, 5.41) is 49.4. The van der Waals surface area contributed by atoms with Crippen molar-refractivity contribution >= 4 is 34.0 Å². The number of nitrogens with two attached hydrogens (primary N) is 1. The first-order chi connectivity index (χ1) is 17.4. The van der Waals surface area contributed by atoms with Crippen molar-refractivity contribution in [3.05, 3.63) is 57.9 Å². The zero-order valence-electron chi connectivity index (χ0n) is 20.7. The van der Waals surface area contributed by atoms with Crippen LogP contribution in [0.1, 0.15) is 23.1 Å². The summed E-state index contributed by atoms with van der Waals surface area (Å²) in [4.78, 5) is 40.5. The normalized spacial score (nSPS) is 27.4. The Balaban J connectivity index is 1.73. The number of phenolic OH excluding ortho intramolecular Hbond substituents is 1. The van der Waals surface area contributed by atoms with E-state index in [1.807, 2.05) is 18.2 Å². The van der Waals surface area contributed by atoms with Gasteiger partial charge in [0.05, 0.1) is 11.6 Å². The lowest BCUT2D eigenvalue weighted by Gasteiger charge is -2.50. The van der Waals surface area contributed by atoms with E-state index in [2.05, 4.69) is 5.32 Å². The fraction of sp³-hybridized carbons (Fsp3) is 0.370. The Labute approximate surface area is 212 Å². The highest BCUT2D eigenvalue weighted by atomic mass is 16.3. The number of aliphatic hydroxyl groups excluding tert-OH is 2. The van der Waals surface area contributed by atoms with E-state index in [1.54, 1.807) is 27.2 Å². The van der Waals surface area contributed by atoms with Crippen LogP contribution in [0.25, 0.3) is 16.5 Å². The number of aliphatic hydroxyl groups is 3. The first-order valence-corrected chi connectivity index (χ1v) is 12.0. The molecule has 4 atom stereocenters. The van der Waals surface area contributed by atoms with Crippen LogP contribution in [0, 0.1) is 11.8 Å². The molecule has 0 radical (unpaired) electrons. The van der Waals surface area contributed by atoms with Crippen LogP contribution < -0.4 is 11.1 Å². The van der Waals surface area contributed by atoms with Crippen LogP contribution >= 0.6 is 0 Å². The van der Waals surface area contributed by atoms with Gasteiger partial charge in [0.15, 0.2) is 11.4 Å². The number of aromatic hydroxyl groups is 1. The maximum Gasteiger partial charge on any atom is 0.255 e. The highest BCUT2D eigenvalue weighted by Gasteiger charge is 2.64. The number of phenols is 1. The summed E-state index contributed by atoms with van der Waals surface area (Å²) in [6.07, 6.45) is 0.321. The molecule has 5 rings (SSSR count). The number of ketones is 2. The van der Waals surface area contributed by atoms with Crippen LogP contribution in [0.2, 0.25) is 0 Å². The molecule has 10 heteroatoms. The monoisotopic (exact) mass is 507 g/mol. The molecule has 1 fully saturated rings. The van der Waals surface area contributed by atoms with E-state index in [9.17, 15) is 34.8 Å². The van der Waals surface area contributed by atoms with Gasteiger partial charge in [-0.1, -0.05) is 18.2 Å². The number of carbonyl (C=O) groups is 3. The molecule has 3 aliphatic rings. The van der Waals surface area contributed by atoms with Gasteiger partial charge in [0.1, 0.15) is 22.8 Å². The zero-order valence-corrected chi connectivity index (χ0v) is 20.7. The molecule has 0 aromatic heterocycles. The fourth-order valence-corrected chi connectivity index (χ4v) is 6.37. The summed E-state index contributed by atoms with van der Waals surface area (Å²) < 4.78 is 0. The number of primary amides is 1. The van der Waals surface area contributed by atoms with E-state index in [0.717, 1.165) is 10.9 Å². The third-order valence-corrected chi connectivity index (χ3v) is 7.97. The Morgan fingerprint density at radius 2 is 1.89 bits per heavy atom. The second-order valence-electron chi connectivity index (χ2n) is 10.3. The summed E-state index contributed by atoms with van der Waals surface area (Å²) in [6, 6.07) is 6.34. The topological polar surface area (TPSA) is 173 Å². The largest absolute Gasteiger partial charge is 0.508 e. The van der Waals surface area contributed by atoms with Gasteiger partial charge in [-0.05, 0) is 62.5 Å². The number of nitrogens with zero attached hydrogens (tertiary/aromatic N) is 1. The van der Waals surface area contributed by atoms with E-state index in [-0.39, 0.29) is 29.7 Å². The van der Waals surface area contributed by atoms with Gasteiger partial charge in [-0.15, -0.1) is 0 Å². The average Bonchev–Trinajstić information content (AvgIpc) is 2.81. The first-order valence-electron chi connectivity index (χ1n) is 12.0. The zero-order chi connectivity index (χ0) is 27.0. The predicted molar refractivity (Wildman–Crippen MR) is 135 cm³/mol. The number of carbonyl (C=O) groups excluding carboxylic acids is 3. The number of fused-ring (bicyclic) bond motifs is 4. The van der Waals surface area contributed by atoms with Crippen LogP contribution in [0.3, 0.4) is 0 Å². The van der Waals surface area contributed by atoms with Crippen LogP contribution in [0.15, 0.2) is 41.2 Å². The Morgan fingerprint density at radius 3 is 2.51 bits per heavy atom. The second kappa shape index (κ2) is 8.41. The fourth-order valence-electron chi connectivity index (χ4n) is 6.37. The van der Waals surface area contributed by atoms with Gasteiger partial charge in [0.25, 0.3) is 5.91 Å². The summed E-state index contributed by atoms with van der Waals surface area (Å²) in [7, 11) is 4.94. The number of hydrogen-bond donors (Lipinski definition) is 6. The lowest BCUT2D eigenvalue weighted by Crippen LogP contribution is -2.65. The van der Waals surface area contributed by atoms with Crippen molar-refractivity contribution in [1.29, 1.82) is 0 Å². The summed E-state index contributed by atoms with van der Waals surface area (Å²) in [5.41, 5.74) is 3.34. The van der Waals surface area contributed by atoms with Crippen molar-refractivity contribution < 1.29 is 34.8 Å². The molecule has 0 aliphatic heterocycles. The molecule has 7 N–H and O–H groups in total. The van der Waals surface area contributed by atoms with Crippen molar-refractivity contribution in [2.24, 2.45) is 17.6 Å². The Hall–Kier alpha value is -3.73. The molecule has 3 aliphatic carbocycles. The van der Waals surface area contributed by atoms with Crippen LogP contribution in [0.5, 0.6) is 5.75 Å². The van der Waals surface area contributed by atoms with Crippen LogP contribution in [-0.2, 0) is 27.3 Å². The molecule has 0 heterocycles. The molecule has 0 spiro atoms. The molecular formula is C27H29N3O7. The third kappa shape index (κ3) is 3.33. The molecule has 37 heavy (non-hydrogen) atoms. The van der Waals surface area contributed by atoms with Gasteiger partial charge in [-0.25, -0.2) is 0 Å². The lowest BCUT2D eigenvalue weighted by atomic mass is 9.57. The van der Waals surface area contributed by atoms with Crippen LogP contribution in [-0.4, -0.2) is 75.6 Å². The van der Waals surface area contributed by atoms with Crippen LogP contribution in [0.4, 0.5) is 0 Å². The number of nitrogens with one attached hydrogen (secondary N) is 1. The number of amides is 1. The van der Waals surface area contributed by atoms with E-state index < -0.39 is 58.0 Å². The molecule has 1 amide bonds. The number of benzene rings is 2. The van der Waals surface area contributed by atoms with Gasteiger partial charge in [-0.3, -0.25) is 19.3 Å². The van der Waals surface area contributed by atoms with Gasteiger partial charge in [0, 0.05) is 23.4 Å². The van der Waals surface area contributed by atoms with Crippen molar-refractivity contribution in [3.8, 4) is 5.75 Å². The predicted octanol–water partition coefficient (Wildman–Crippen LogP) is 0.837. The lowest BCUT2D eigenvalue weighted by molar-refractivity contribution is -0.153. The van der Waals surface area contributed by atoms with Gasteiger partial charge < -0.3 is 31.5 Å². The highest BCUT2D eigenvalue weighted by molar-refractivity contribution is 6.24. The molecule has 0 saturated heterocycles. The summed E-state index contributed by atoms with van der Waals surface area (Å²) in [6.45, 7) is 0.564. The van der Waals surface area contributed by atoms with E-state index >= 15 is 0 Å². The smallest absolute Gasteiger partial charge is 0.255 e. The standard InChI is InChI=1S/C27H29N3O7/c1-29-10-11-4-5-12-7-13-8-14-9-16-20(30(2)3)23(33)19(26(28)36)25(35)27(16,37)24(34)18(14)22(32)17(13)21(31)15(12)6-11/h4-7,14,16,20,29,31-32,35,37H,8-10H2,1-3H3,(H2,28,36)/t14-,16-,20-,27-/m0/s1. The van der Waals surface area contributed by atoms with Gasteiger partial charge >= 0.3 is 0 Å². The van der Waals surface area contributed by atoms with E-state index in [1.165, 1.54) is 4.90 Å². The molecule has 2 aromatic rings. The highest BCUT2D eigenvalue weighted by Crippen LogP contribution is 2.53. The molecule has 10 nitrogen and oxygen atoms in total. The van der Waals surface area contributed by atoms with Gasteiger partial charge in [0.2, 0.25) is 5.78 Å². The summed E-state index contributed by atoms with van der Waals surface area (Å²) in [5.74, 6) is -6.52. The minimum atomic E-state index is -2.64. The second-order valence-corrected chi connectivity index (χ2v) is 10.3. The quantitative estimate of drug-likeness (QED) is 0.328. The Bertz CT molecular complexity index is 1460. The minimum Gasteiger partial charge on any atom is -0.508 e. The Kier molecular flexibility index (Phi) is 5.67. The number of rotatable bonds is 4. The molecule has 1 saturated carbocycles. The minimum absolute atomic E-state index is 0.0612. The van der Waals surface area contributed by atoms with Crippen molar-refractivity contribution in [2.75, 3.05) is 21.1 Å². The maximum absolute atomic E-state index is 13.9. The molecule has 194 valence electrons. The van der Waals surface area contributed by atoms with E-state index in [4.69, 9.17) is 5.73 Å². The molecule has 0 bridgehead atoms. The maximum atomic E-state index is 13.9. The third-order valence-electron chi connectivity index (χ3n) is 7.97. The number of hydrogen-bond acceptors (Lipinski definition) is 9. The average molecular weight is 508 g/mol. The molecular weight excluding hydrogens is 478 g/mol. The van der Waals surface area contributed by atoms with Gasteiger partial charge in [-0.2, -0.15) is 0 Å². The van der Waals surface area contributed by atoms with E-state index in [0.29, 0.717) is 17.5 Å². The van der Waals surface area contributed by atoms with Crippen molar-refractivity contribution in [3.63, 3.8) is 0 Å². The number of likely N-dealkylation sites (N-methyl/N-ethyl adjacent to an activating group) is 1. The van der Waals surface area contributed by atoms with Crippen molar-refractivity contribution in [1.82, 2.24) is 10.2 Å². The first kappa shape index (κ1) is 24.9. The van der Waals surface area contributed by atoms with Crippen molar-refractivity contribution in [2.45, 2.75) is 31.0 Å².